The first kappa shape index (κ1) is 139. The molecule has 0 aliphatic rings. The minimum atomic E-state index is 0.330. The molecule has 0 atom stereocenters. The quantitative estimate of drug-likeness (QED) is 0.0555. The summed E-state index contributed by atoms with van der Waals surface area (Å²) in [6.07, 6.45) is 90.0. The third-order valence-electron chi connectivity index (χ3n) is 16.0. The van der Waals surface area contributed by atoms with Crippen LogP contribution < -0.4 is 0 Å². The van der Waals surface area contributed by atoms with Gasteiger partial charge in [0.15, 0.2) is 0 Å². The van der Waals surface area contributed by atoms with Gasteiger partial charge < -0.3 is 4.79 Å². The van der Waals surface area contributed by atoms with Crippen molar-refractivity contribution in [1.29, 1.82) is 0 Å². The number of hydrogen-bond acceptors (Lipinski definition) is 1. The second-order valence-corrected chi connectivity index (χ2v) is 28.5. The van der Waals surface area contributed by atoms with E-state index in [4.69, 9.17) is 0 Å². The van der Waals surface area contributed by atoms with Crippen molar-refractivity contribution in [2.45, 2.75) is 645 Å². The average Bonchev–Trinajstić information content (AvgIpc) is 3.81. The predicted octanol–water partition coefficient (Wildman–Crippen LogP) is 41.7. The lowest BCUT2D eigenvalue weighted by molar-refractivity contribution is -0.117. The molecule has 0 bridgehead atoms. The topological polar surface area (TPSA) is 17.1 Å². The monoisotopic (exact) mass is 1430 g/mol. The molecule has 630 valence electrons. The Balaban J connectivity index is -0.0000000539. The Kier molecular flexibility index (Phi) is 277. The van der Waals surface area contributed by atoms with Gasteiger partial charge in [-0.2, -0.15) is 0 Å². The minimum absolute atomic E-state index is 0.330. The Morgan fingerprint density at radius 2 is 0.170 bits per heavy atom. The molecule has 0 unspecified atom stereocenters. The van der Waals surface area contributed by atoms with E-state index in [0.717, 1.165) is 12.8 Å². The number of carbonyl (C=O) groups is 1. The molecule has 0 fully saturated rings. The van der Waals surface area contributed by atoms with E-state index in [1.54, 1.807) is 6.92 Å². The molecule has 100 heavy (non-hydrogen) atoms. The molecule has 0 rings (SSSR count). The fraction of sp³-hybridized carbons (Fsp3) is 0.990. The van der Waals surface area contributed by atoms with Crippen molar-refractivity contribution in [3.63, 3.8) is 0 Å². The molecular weight excluding hydrogens is 1210 g/mol. The first-order chi connectivity index (χ1) is 48.5. The summed E-state index contributed by atoms with van der Waals surface area (Å²) in [6, 6.07) is 0. The van der Waals surface area contributed by atoms with Gasteiger partial charge in [0.2, 0.25) is 0 Å². The molecule has 0 aromatic heterocycles. The molecule has 0 heterocycles. The first-order valence-corrected chi connectivity index (χ1v) is 48.0. The van der Waals surface area contributed by atoms with E-state index in [1.807, 2.05) is 0 Å². The van der Waals surface area contributed by atoms with Crippen LogP contribution in [0.1, 0.15) is 645 Å². The highest BCUT2D eigenvalue weighted by Crippen LogP contribution is 2.06. The Hall–Kier alpha value is -0.330. The molecule has 0 radical (unpaired) electrons. The van der Waals surface area contributed by atoms with E-state index in [1.165, 1.54) is 411 Å². The summed E-state index contributed by atoms with van der Waals surface area (Å²) in [5, 5.41) is 0. The Labute approximate surface area is 652 Å². The van der Waals surface area contributed by atoms with E-state index in [9.17, 15) is 4.79 Å². The summed E-state index contributed by atoms with van der Waals surface area (Å²) >= 11 is 0. The lowest BCUT2D eigenvalue weighted by atomic mass is 10.1. The van der Waals surface area contributed by atoms with Crippen molar-refractivity contribution >= 4 is 5.78 Å². The number of rotatable bonds is 51. The average molecular weight is 1430 g/mol. The van der Waals surface area contributed by atoms with Crippen molar-refractivity contribution in [2.24, 2.45) is 0 Å². The normalized spacial score (nSPS) is 9.08. The molecule has 1 heteroatoms. The first-order valence-electron chi connectivity index (χ1n) is 48.0. The Morgan fingerprint density at radius 1 is 0.110 bits per heavy atom. The number of Topliss-reactive ketones (excluding diaryl/α,β-unsaturated/α-hetero) is 1. The van der Waals surface area contributed by atoms with Crippen molar-refractivity contribution in [3.05, 3.63) is 0 Å². The van der Waals surface area contributed by atoms with Crippen LogP contribution >= 0.6 is 0 Å². The van der Waals surface area contributed by atoms with E-state index in [-0.39, 0.29) is 0 Å². The highest BCUT2D eigenvalue weighted by molar-refractivity contribution is 5.75. The SMILES string of the molecule is CCCCCC.CCCCCC.CCCCCC.CCCCCC.CCCCCC.CCCCCC.CCCCCC.CCCCCC.CCCCCC.CCCCCC.CCCCCC.CCCCCC.CCCCCC.CCCCCC.CCCCCC.CCCCCCCC(C)=O. The molecule has 0 aromatic rings. The van der Waals surface area contributed by atoms with E-state index < -0.39 is 0 Å². The smallest absolute Gasteiger partial charge is 0.129 e. The number of unbranched alkanes of at least 4 members (excludes halogenated alkanes) is 49. The lowest BCUT2D eigenvalue weighted by Gasteiger charge is -1.95. The second kappa shape index (κ2) is 200. The van der Waals surface area contributed by atoms with Crippen LogP contribution in [0.5, 0.6) is 0 Å². The summed E-state index contributed by atoms with van der Waals surface area (Å²) < 4.78 is 0. The molecule has 0 amide bonds. The van der Waals surface area contributed by atoms with Crippen molar-refractivity contribution in [3.8, 4) is 0 Å². The maximum Gasteiger partial charge on any atom is 0.129 e. The van der Waals surface area contributed by atoms with Gasteiger partial charge in [0.05, 0.1) is 0 Å². The summed E-state index contributed by atoms with van der Waals surface area (Å²) in [7, 11) is 0. The maximum absolute atomic E-state index is 10.5. The van der Waals surface area contributed by atoms with Gasteiger partial charge in [0.1, 0.15) is 5.78 Å². The highest BCUT2D eigenvalue weighted by Gasteiger charge is 1.92. The lowest BCUT2D eigenvalue weighted by Crippen LogP contribution is -1.88. The van der Waals surface area contributed by atoms with Crippen LogP contribution in [-0.2, 0) is 4.79 Å². The van der Waals surface area contributed by atoms with Gasteiger partial charge in [-0.25, -0.2) is 0 Å². The Morgan fingerprint density at radius 3 is 0.230 bits per heavy atom. The van der Waals surface area contributed by atoms with Gasteiger partial charge in [0.25, 0.3) is 0 Å². The zero-order chi connectivity index (χ0) is 80.2. The van der Waals surface area contributed by atoms with Crippen LogP contribution in [-0.4, -0.2) is 5.78 Å². The fourth-order valence-corrected chi connectivity index (χ4v) is 8.48. The standard InChI is InChI=1S/C9H18O.15C6H14/c1-3-4-5-6-7-8-9(2)10;15*1-3-5-6-4-2/h3-8H2,1-2H3;15*3-6H2,1-2H3. The van der Waals surface area contributed by atoms with Crippen molar-refractivity contribution in [1.82, 2.24) is 0 Å². The molecular formula is C99H228O. The molecule has 0 aromatic carbocycles. The minimum Gasteiger partial charge on any atom is -0.300 e. The van der Waals surface area contributed by atoms with Crippen LogP contribution in [0.4, 0.5) is 0 Å². The van der Waals surface area contributed by atoms with Gasteiger partial charge in [0, 0.05) is 6.42 Å². The third-order valence-corrected chi connectivity index (χ3v) is 16.0. The summed E-state index contributed by atoms with van der Waals surface area (Å²) in [6.45, 7) is 70.8. The summed E-state index contributed by atoms with van der Waals surface area (Å²) in [5.41, 5.74) is 0. The Bertz CT molecular complexity index is 598. The van der Waals surface area contributed by atoms with E-state index in [0.29, 0.717) is 5.78 Å². The van der Waals surface area contributed by atoms with Crippen molar-refractivity contribution in [2.75, 3.05) is 0 Å². The van der Waals surface area contributed by atoms with Crippen molar-refractivity contribution < 1.29 is 4.79 Å². The van der Waals surface area contributed by atoms with Gasteiger partial charge >= 0.3 is 0 Å². The van der Waals surface area contributed by atoms with Crippen LogP contribution in [0.3, 0.4) is 0 Å². The van der Waals surface area contributed by atoms with Gasteiger partial charge in [-0.3, -0.25) is 0 Å². The maximum atomic E-state index is 10.5. The second-order valence-electron chi connectivity index (χ2n) is 28.5. The van der Waals surface area contributed by atoms with Gasteiger partial charge in [-0.1, -0.05) is 626 Å². The molecule has 0 saturated carbocycles. The van der Waals surface area contributed by atoms with Crippen LogP contribution in [0.15, 0.2) is 0 Å². The summed E-state index contributed by atoms with van der Waals surface area (Å²) in [4.78, 5) is 10.5. The van der Waals surface area contributed by atoms with Gasteiger partial charge in [-0.15, -0.1) is 0 Å². The molecule has 0 saturated heterocycles. The zero-order valence-corrected chi connectivity index (χ0v) is 79.6. The van der Waals surface area contributed by atoms with Crippen LogP contribution in [0.2, 0.25) is 0 Å². The van der Waals surface area contributed by atoms with Crippen LogP contribution in [0.25, 0.3) is 0 Å². The zero-order valence-electron chi connectivity index (χ0n) is 79.6. The van der Waals surface area contributed by atoms with E-state index in [2.05, 4.69) is 215 Å². The molecule has 0 aliphatic carbocycles. The summed E-state index contributed by atoms with van der Waals surface area (Å²) in [5.74, 6) is 0.330. The van der Waals surface area contributed by atoms with Crippen LogP contribution in [0, 0.1) is 0 Å². The predicted molar refractivity (Wildman–Crippen MR) is 491 cm³/mol. The van der Waals surface area contributed by atoms with Gasteiger partial charge in [-0.05, 0) is 13.3 Å². The third kappa shape index (κ3) is 342. The largest absolute Gasteiger partial charge is 0.300 e. The number of carbonyl (C=O) groups excluding carboxylic acids is 1. The molecule has 0 N–H and O–H groups in total. The number of hydrogen-bond donors (Lipinski definition) is 0. The van der Waals surface area contributed by atoms with E-state index >= 15 is 0 Å². The molecule has 0 spiro atoms. The molecule has 0 aliphatic heterocycles. The molecule has 1 nitrogen and oxygen atoms in total. The fourth-order valence-electron chi connectivity index (χ4n) is 8.48. The number of ketones is 1. The highest BCUT2D eigenvalue weighted by atomic mass is 16.1.